The van der Waals surface area contributed by atoms with Crippen LogP contribution in [0.3, 0.4) is 0 Å². The van der Waals surface area contributed by atoms with E-state index in [1.54, 1.807) is 6.20 Å². The third kappa shape index (κ3) is 2.57. The molecule has 0 saturated carbocycles. The molecule has 1 saturated heterocycles. The Balaban J connectivity index is 1.65. The first-order valence-corrected chi connectivity index (χ1v) is 6.15. The number of imidazole rings is 1. The molecule has 3 heterocycles. The summed E-state index contributed by atoms with van der Waals surface area (Å²) in [5, 5.41) is 0. The minimum absolute atomic E-state index is 0.0647. The van der Waals surface area contributed by atoms with Crippen molar-refractivity contribution < 1.29 is 4.74 Å². The Bertz CT molecular complexity index is 471. The molecule has 3 rings (SSSR count). The average Bonchev–Trinajstić information content (AvgIpc) is 2.93. The molecular formula is C13H16N4O. The van der Waals surface area contributed by atoms with E-state index < -0.39 is 0 Å². The van der Waals surface area contributed by atoms with Crippen molar-refractivity contribution in [3.63, 3.8) is 0 Å². The first-order chi connectivity index (χ1) is 8.92. The fourth-order valence-corrected chi connectivity index (χ4v) is 2.19. The van der Waals surface area contributed by atoms with Crippen molar-refractivity contribution in [2.24, 2.45) is 0 Å². The van der Waals surface area contributed by atoms with E-state index in [1.807, 2.05) is 30.6 Å². The van der Waals surface area contributed by atoms with E-state index in [1.165, 1.54) is 0 Å². The standard InChI is InChI=1S/C13H16N4O/c1-2-4-14-11(3-1)12-9-17(7-8-18-12)10-13-15-5-6-16-13/h1-6,12H,7-10H2,(H,15,16). The van der Waals surface area contributed by atoms with Crippen LogP contribution in [-0.2, 0) is 11.3 Å². The molecule has 1 atom stereocenters. The number of hydrogen-bond donors (Lipinski definition) is 1. The van der Waals surface area contributed by atoms with Gasteiger partial charge in [-0.3, -0.25) is 9.88 Å². The molecule has 2 aromatic heterocycles. The lowest BCUT2D eigenvalue weighted by Gasteiger charge is -2.31. The van der Waals surface area contributed by atoms with Crippen LogP contribution >= 0.6 is 0 Å². The lowest BCUT2D eigenvalue weighted by molar-refractivity contribution is -0.0356. The third-order valence-corrected chi connectivity index (χ3v) is 3.10. The highest BCUT2D eigenvalue weighted by Crippen LogP contribution is 2.20. The van der Waals surface area contributed by atoms with Crippen molar-refractivity contribution in [1.29, 1.82) is 0 Å². The molecule has 0 bridgehead atoms. The molecule has 94 valence electrons. The number of ether oxygens (including phenoxy) is 1. The second kappa shape index (κ2) is 5.29. The number of aromatic amines is 1. The Hall–Kier alpha value is -1.72. The summed E-state index contributed by atoms with van der Waals surface area (Å²) >= 11 is 0. The van der Waals surface area contributed by atoms with E-state index in [2.05, 4.69) is 19.9 Å². The first kappa shape index (κ1) is 11.4. The van der Waals surface area contributed by atoms with Crippen molar-refractivity contribution in [2.75, 3.05) is 19.7 Å². The van der Waals surface area contributed by atoms with E-state index in [9.17, 15) is 0 Å². The van der Waals surface area contributed by atoms with Gasteiger partial charge in [-0.05, 0) is 12.1 Å². The third-order valence-electron chi connectivity index (χ3n) is 3.10. The van der Waals surface area contributed by atoms with Gasteiger partial charge in [0.05, 0.1) is 18.8 Å². The number of nitrogens with zero attached hydrogens (tertiary/aromatic N) is 3. The average molecular weight is 244 g/mol. The molecule has 0 spiro atoms. The van der Waals surface area contributed by atoms with Crippen LogP contribution < -0.4 is 0 Å². The number of nitrogens with one attached hydrogen (secondary N) is 1. The highest BCUT2D eigenvalue weighted by molar-refractivity contribution is 5.08. The Labute approximate surface area is 106 Å². The summed E-state index contributed by atoms with van der Waals surface area (Å²) in [5.41, 5.74) is 1.00. The van der Waals surface area contributed by atoms with Crippen LogP contribution in [-0.4, -0.2) is 39.5 Å². The van der Waals surface area contributed by atoms with E-state index in [0.717, 1.165) is 37.8 Å². The van der Waals surface area contributed by atoms with Gasteiger partial charge in [0.2, 0.25) is 0 Å². The summed E-state index contributed by atoms with van der Waals surface area (Å²) in [5.74, 6) is 0.997. The topological polar surface area (TPSA) is 54.0 Å². The molecule has 1 N–H and O–H groups in total. The van der Waals surface area contributed by atoms with Gasteiger partial charge < -0.3 is 9.72 Å². The van der Waals surface area contributed by atoms with Gasteiger partial charge in [0.25, 0.3) is 0 Å². The minimum Gasteiger partial charge on any atom is -0.369 e. The molecule has 18 heavy (non-hydrogen) atoms. The maximum Gasteiger partial charge on any atom is 0.120 e. The zero-order valence-corrected chi connectivity index (χ0v) is 10.1. The molecule has 1 aliphatic rings. The van der Waals surface area contributed by atoms with E-state index in [-0.39, 0.29) is 6.10 Å². The minimum atomic E-state index is 0.0647. The summed E-state index contributed by atoms with van der Waals surface area (Å²) < 4.78 is 5.78. The highest BCUT2D eigenvalue weighted by Gasteiger charge is 2.23. The van der Waals surface area contributed by atoms with Gasteiger partial charge in [-0.1, -0.05) is 6.07 Å². The Morgan fingerprint density at radius 2 is 2.33 bits per heavy atom. The Kier molecular flexibility index (Phi) is 3.34. The molecule has 0 radical (unpaired) electrons. The normalized spacial score (nSPS) is 21.0. The van der Waals surface area contributed by atoms with Gasteiger partial charge in [-0.25, -0.2) is 4.98 Å². The second-order valence-corrected chi connectivity index (χ2v) is 4.39. The van der Waals surface area contributed by atoms with Crippen LogP contribution in [0.4, 0.5) is 0 Å². The van der Waals surface area contributed by atoms with E-state index >= 15 is 0 Å². The lowest BCUT2D eigenvalue weighted by atomic mass is 10.2. The number of rotatable bonds is 3. The summed E-state index contributed by atoms with van der Waals surface area (Å²) in [7, 11) is 0. The number of aromatic nitrogens is 3. The van der Waals surface area contributed by atoms with Crippen molar-refractivity contribution >= 4 is 0 Å². The summed E-state index contributed by atoms with van der Waals surface area (Å²) in [6.45, 7) is 3.36. The van der Waals surface area contributed by atoms with Crippen molar-refractivity contribution in [3.8, 4) is 0 Å². The van der Waals surface area contributed by atoms with Crippen molar-refractivity contribution in [3.05, 3.63) is 48.3 Å². The van der Waals surface area contributed by atoms with Crippen LogP contribution in [0, 0.1) is 0 Å². The van der Waals surface area contributed by atoms with Gasteiger partial charge >= 0.3 is 0 Å². The molecule has 0 amide bonds. The summed E-state index contributed by atoms with van der Waals surface area (Å²) in [4.78, 5) is 14.1. The molecule has 5 heteroatoms. The molecular weight excluding hydrogens is 228 g/mol. The van der Waals surface area contributed by atoms with Gasteiger partial charge in [0, 0.05) is 31.7 Å². The van der Waals surface area contributed by atoms with Gasteiger partial charge in [0.1, 0.15) is 11.9 Å². The molecule has 5 nitrogen and oxygen atoms in total. The maximum atomic E-state index is 5.78. The number of hydrogen-bond acceptors (Lipinski definition) is 4. The molecule has 1 fully saturated rings. The molecule has 2 aromatic rings. The highest BCUT2D eigenvalue weighted by atomic mass is 16.5. The number of morpholine rings is 1. The van der Waals surface area contributed by atoms with Gasteiger partial charge in [0.15, 0.2) is 0 Å². The van der Waals surface area contributed by atoms with Crippen LogP contribution in [0.1, 0.15) is 17.6 Å². The van der Waals surface area contributed by atoms with E-state index in [0.29, 0.717) is 0 Å². The Morgan fingerprint density at radius 1 is 1.33 bits per heavy atom. The molecule has 1 aliphatic heterocycles. The van der Waals surface area contributed by atoms with Gasteiger partial charge in [-0.15, -0.1) is 0 Å². The van der Waals surface area contributed by atoms with Crippen LogP contribution in [0.15, 0.2) is 36.8 Å². The smallest absolute Gasteiger partial charge is 0.120 e. The zero-order valence-electron chi connectivity index (χ0n) is 10.1. The van der Waals surface area contributed by atoms with Crippen LogP contribution in [0.25, 0.3) is 0 Å². The second-order valence-electron chi connectivity index (χ2n) is 4.39. The number of pyridine rings is 1. The largest absolute Gasteiger partial charge is 0.369 e. The predicted molar refractivity (Wildman–Crippen MR) is 66.8 cm³/mol. The first-order valence-electron chi connectivity index (χ1n) is 6.15. The quantitative estimate of drug-likeness (QED) is 0.886. The van der Waals surface area contributed by atoms with Crippen LogP contribution in [0.2, 0.25) is 0 Å². The van der Waals surface area contributed by atoms with E-state index in [4.69, 9.17) is 4.74 Å². The summed E-state index contributed by atoms with van der Waals surface area (Å²) in [6, 6.07) is 5.94. The summed E-state index contributed by atoms with van der Waals surface area (Å²) in [6.07, 6.45) is 5.51. The predicted octanol–water partition coefficient (Wildman–Crippen LogP) is 1.38. The van der Waals surface area contributed by atoms with Crippen molar-refractivity contribution in [1.82, 2.24) is 19.9 Å². The van der Waals surface area contributed by atoms with Gasteiger partial charge in [-0.2, -0.15) is 0 Å². The monoisotopic (exact) mass is 244 g/mol. The Morgan fingerprint density at radius 3 is 3.11 bits per heavy atom. The molecule has 1 unspecified atom stereocenters. The van der Waals surface area contributed by atoms with Crippen molar-refractivity contribution in [2.45, 2.75) is 12.6 Å². The maximum absolute atomic E-state index is 5.78. The van der Waals surface area contributed by atoms with Crippen LogP contribution in [0.5, 0.6) is 0 Å². The SMILES string of the molecule is c1ccc(C2CN(Cc3ncc[nH]3)CCO2)nc1. The lowest BCUT2D eigenvalue weighted by Crippen LogP contribution is -2.38. The fourth-order valence-electron chi connectivity index (χ4n) is 2.19. The fraction of sp³-hybridized carbons (Fsp3) is 0.385. The zero-order chi connectivity index (χ0) is 12.2. The molecule has 0 aliphatic carbocycles. The molecule has 0 aromatic carbocycles. The number of H-pyrrole nitrogens is 1.